The number of halogens is 3. The summed E-state index contributed by atoms with van der Waals surface area (Å²) >= 11 is 0. The van der Waals surface area contributed by atoms with Gasteiger partial charge in [0.05, 0.1) is 17.7 Å². The molecule has 1 aromatic carbocycles. The van der Waals surface area contributed by atoms with E-state index < -0.39 is 52.6 Å². The van der Waals surface area contributed by atoms with Crippen LogP contribution in [0.1, 0.15) is 36.5 Å². The van der Waals surface area contributed by atoms with Gasteiger partial charge in [0.15, 0.2) is 5.75 Å². The average molecular weight is 428 g/mol. The molecule has 0 saturated heterocycles. The number of alkyl halides is 3. The topological polar surface area (TPSA) is 120 Å². The van der Waals surface area contributed by atoms with Crippen molar-refractivity contribution in [3.05, 3.63) is 45.5 Å². The maximum absolute atomic E-state index is 13.3. The van der Waals surface area contributed by atoms with Gasteiger partial charge in [0.1, 0.15) is 6.10 Å². The summed E-state index contributed by atoms with van der Waals surface area (Å²) < 4.78 is 49.8. The molecule has 30 heavy (non-hydrogen) atoms. The second-order valence-electron chi connectivity index (χ2n) is 6.83. The number of ether oxygens (including phenoxy) is 2. The summed E-state index contributed by atoms with van der Waals surface area (Å²) in [4.78, 5) is 33.9. The molecule has 0 radical (unpaired) electrons. The van der Waals surface area contributed by atoms with Crippen LogP contribution in [-0.4, -0.2) is 41.8 Å². The molecule has 1 aliphatic carbocycles. The Hall–Kier alpha value is -3.24. The molecule has 1 aromatic rings. The summed E-state index contributed by atoms with van der Waals surface area (Å²) in [6.07, 6.45) is -5.59. The lowest BCUT2D eigenvalue weighted by Gasteiger charge is -2.29. The van der Waals surface area contributed by atoms with E-state index >= 15 is 0 Å². The van der Waals surface area contributed by atoms with E-state index in [1.807, 2.05) is 0 Å². The van der Waals surface area contributed by atoms with Crippen LogP contribution >= 0.6 is 0 Å². The SMILES string of the molecule is COC(=O)CC1CC(C(F)(F)F)=CC(Oc2ccc(C(=O)C(C)=N)cc2[N+](=O)[O-])C1. The quantitative estimate of drug-likeness (QED) is 0.175. The van der Waals surface area contributed by atoms with Gasteiger partial charge in [0.25, 0.3) is 0 Å². The van der Waals surface area contributed by atoms with Gasteiger partial charge in [0, 0.05) is 23.6 Å². The molecular weight excluding hydrogens is 409 g/mol. The Bertz CT molecular complexity index is 910. The number of nitrogens with zero attached hydrogens (tertiary/aromatic N) is 1. The third kappa shape index (κ3) is 5.65. The highest BCUT2D eigenvalue weighted by Gasteiger charge is 2.40. The number of carbonyl (C=O) groups excluding carboxylic acids is 2. The minimum absolute atomic E-state index is 0.0200. The molecule has 0 aliphatic heterocycles. The van der Waals surface area contributed by atoms with Crippen LogP contribution in [0.2, 0.25) is 0 Å². The molecule has 162 valence electrons. The monoisotopic (exact) mass is 428 g/mol. The van der Waals surface area contributed by atoms with Crippen molar-refractivity contribution in [3.63, 3.8) is 0 Å². The molecular formula is C19H19F3N2O6. The maximum atomic E-state index is 13.3. The second-order valence-corrected chi connectivity index (χ2v) is 6.83. The Morgan fingerprint density at radius 2 is 2.00 bits per heavy atom. The lowest BCUT2D eigenvalue weighted by molar-refractivity contribution is -0.386. The number of Topliss-reactive ketones (excluding diaryl/α,β-unsaturated/α-hetero) is 1. The highest BCUT2D eigenvalue weighted by Crippen LogP contribution is 2.39. The van der Waals surface area contributed by atoms with Crippen molar-refractivity contribution in [1.29, 1.82) is 5.41 Å². The molecule has 0 fully saturated rings. The van der Waals surface area contributed by atoms with Gasteiger partial charge >= 0.3 is 17.8 Å². The normalized spacial score (nSPS) is 18.9. The van der Waals surface area contributed by atoms with E-state index in [0.29, 0.717) is 0 Å². The lowest BCUT2D eigenvalue weighted by atomic mass is 9.84. The van der Waals surface area contributed by atoms with Crippen LogP contribution in [0, 0.1) is 21.4 Å². The van der Waals surface area contributed by atoms with E-state index in [0.717, 1.165) is 25.3 Å². The van der Waals surface area contributed by atoms with Gasteiger partial charge in [-0.25, -0.2) is 0 Å². The predicted molar refractivity (Wildman–Crippen MR) is 98.7 cm³/mol. The summed E-state index contributed by atoms with van der Waals surface area (Å²) in [6.45, 7) is 1.23. The molecule has 0 saturated carbocycles. The van der Waals surface area contributed by atoms with Gasteiger partial charge < -0.3 is 14.9 Å². The molecule has 2 unspecified atom stereocenters. The first-order valence-electron chi connectivity index (χ1n) is 8.82. The zero-order chi connectivity index (χ0) is 22.6. The first-order chi connectivity index (χ1) is 13.9. The number of nitro benzene ring substituents is 1. The van der Waals surface area contributed by atoms with E-state index in [-0.39, 0.29) is 29.9 Å². The van der Waals surface area contributed by atoms with E-state index in [4.69, 9.17) is 10.1 Å². The number of ketones is 1. The molecule has 1 N–H and O–H groups in total. The first kappa shape index (κ1) is 23.0. The van der Waals surface area contributed by atoms with Crippen LogP contribution in [-0.2, 0) is 9.53 Å². The van der Waals surface area contributed by atoms with Gasteiger partial charge in [0.2, 0.25) is 5.78 Å². The van der Waals surface area contributed by atoms with Crippen LogP contribution < -0.4 is 4.74 Å². The molecule has 8 nitrogen and oxygen atoms in total. The Kier molecular flexibility index (Phi) is 6.96. The molecule has 0 aromatic heterocycles. The largest absolute Gasteiger partial charge is 0.479 e. The molecule has 1 aliphatic rings. The number of rotatable bonds is 7. The Morgan fingerprint density at radius 1 is 1.33 bits per heavy atom. The van der Waals surface area contributed by atoms with Crippen molar-refractivity contribution >= 4 is 23.2 Å². The van der Waals surface area contributed by atoms with Crippen LogP contribution in [0.25, 0.3) is 0 Å². The number of allylic oxidation sites excluding steroid dienone is 1. The molecule has 2 atom stereocenters. The number of nitro groups is 1. The minimum atomic E-state index is -4.64. The highest BCUT2D eigenvalue weighted by atomic mass is 19.4. The molecule has 0 heterocycles. The smallest absolute Gasteiger partial charge is 0.412 e. The second kappa shape index (κ2) is 9.06. The maximum Gasteiger partial charge on any atom is 0.412 e. The summed E-state index contributed by atoms with van der Waals surface area (Å²) in [7, 11) is 1.13. The fraction of sp³-hybridized carbons (Fsp3) is 0.421. The fourth-order valence-electron chi connectivity index (χ4n) is 3.13. The number of benzene rings is 1. The average Bonchev–Trinajstić information content (AvgIpc) is 2.66. The van der Waals surface area contributed by atoms with Crippen LogP contribution in [0.3, 0.4) is 0 Å². The van der Waals surface area contributed by atoms with Gasteiger partial charge in [-0.3, -0.25) is 19.7 Å². The van der Waals surface area contributed by atoms with Crippen LogP contribution in [0.4, 0.5) is 18.9 Å². The van der Waals surface area contributed by atoms with Crippen molar-refractivity contribution in [2.45, 2.75) is 38.5 Å². The van der Waals surface area contributed by atoms with Crippen molar-refractivity contribution in [1.82, 2.24) is 0 Å². The number of hydrogen-bond donors (Lipinski definition) is 1. The Labute approximate surface area is 169 Å². The number of carbonyl (C=O) groups is 2. The van der Waals surface area contributed by atoms with Gasteiger partial charge in [-0.1, -0.05) is 0 Å². The third-order valence-corrected chi connectivity index (χ3v) is 4.55. The zero-order valence-electron chi connectivity index (χ0n) is 16.1. The van der Waals surface area contributed by atoms with Gasteiger partial charge in [-0.15, -0.1) is 0 Å². The van der Waals surface area contributed by atoms with Crippen molar-refractivity contribution in [2.75, 3.05) is 7.11 Å². The van der Waals surface area contributed by atoms with E-state index in [1.165, 1.54) is 13.0 Å². The molecule has 11 heteroatoms. The minimum Gasteiger partial charge on any atom is -0.479 e. The molecule has 2 rings (SSSR count). The Morgan fingerprint density at radius 3 is 2.53 bits per heavy atom. The highest BCUT2D eigenvalue weighted by molar-refractivity contribution is 6.44. The van der Waals surface area contributed by atoms with Gasteiger partial charge in [-0.2, -0.15) is 13.2 Å². The van der Waals surface area contributed by atoms with E-state index in [9.17, 15) is 32.9 Å². The standard InChI is InChI=1S/C19H19F3N2O6/c1-10(23)18(26)12-3-4-16(15(8-12)24(27)28)30-14-6-11(7-17(25)29-2)5-13(9-14)19(20,21)22/h3-4,8-9,11,14,23H,5-7H2,1-2H3. The molecule has 0 amide bonds. The first-order valence-corrected chi connectivity index (χ1v) is 8.82. The molecule has 0 spiro atoms. The van der Waals surface area contributed by atoms with Crippen LogP contribution in [0.5, 0.6) is 5.75 Å². The fourth-order valence-corrected chi connectivity index (χ4v) is 3.13. The number of hydrogen-bond acceptors (Lipinski definition) is 7. The van der Waals surface area contributed by atoms with Crippen molar-refractivity contribution < 1.29 is 37.2 Å². The number of nitrogens with one attached hydrogen (secondary N) is 1. The lowest BCUT2D eigenvalue weighted by Crippen LogP contribution is -2.30. The summed E-state index contributed by atoms with van der Waals surface area (Å²) in [5.41, 5.74) is -1.94. The predicted octanol–water partition coefficient (Wildman–Crippen LogP) is 4.03. The van der Waals surface area contributed by atoms with Gasteiger partial charge in [-0.05, 0) is 43.9 Å². The van der Waals surface area contributed by atoms with Crippen LogP contribution in [0.15, 0.2) is 29.8 Å². The summed E-state index contributed by atoms with van der Waals surface area (Å²) in [5.74, 6) is -2.43. The number of esters is 1. The summed E-state index contributed by atoms with van der Waals surface area (Å²) in [6, 6.07) is 3.23. The van der Waals surface area contributed by atoms with E-state index in [2.05, 4.69) is 4.74 Å². The summed E-state index contributed by atoms with van der Waals surface area (Å²) in [5, 5.41) is 18.7. The van der Waals surface area contributed by atoms with Crippen molar-refractivity contribution in [2.24, 2.45) is 5.92 Å². The molecule has 0 bridgehead atoms. The Balaban J connectivity index is 2.35. The van der Waals surface area contributed by atoms with E-state index in [1.54, 1.807) is 0 Å². The zero-order valence-corrected chi connectivity index (χ0v) is 16.1. The number of methoxy groups -OCH3 is 1. The third-order valence-electron chi connectivity index (χ3n) is 4.55. The van der Waals surface area contributed by atoms with Crippen molar-refractivity contribution in [3.8, 4) is 5.75 Å².